The molecule has 2 heterocycles. The van der Waals surface area contributed by atoms with E-state index in [9.17, 15) is 4.79 Å². The number of amides is 1. The summed E-state index contributed by atoms with van der Waals surface area (Å²) < 4.78 is 11.3. The molecule has 0 bridgehead atoms. The van der Waals surface area contributed by atoms with E-state index in [2.05, 4.69) is 5.32 Å². The smallest absolute Gasteiger partial charge is 0.219 e. The zero-order chi connectivity index (χ0) is 12.5. The molecule has 1 amide bonds. The summed E-state index contributed by atoms with van der Waals surface area (Å²) in [5, 5.41) is 2.66. The Morgan fingerprint density at radius 2 is 2.22 bits per heavy atom. The van der Waals surface area contributed by atoms with Gasteiger partial charge in [-0.2, -0.15) is 0 Å². The molecule has 1 aromatic carbocycles. The lowest BCUT2D eigenvalue weighted by Gasteiger charge is -2.11. The second-order valence-corrected chi connectivity index (χ2v) is 4.77. The van der Waals surface area contributed by atoms with Crippen LogP contribution in [0.2, 0.25) is 0 Å². The largest absolute Gasteiger partial charge is 0.493 e. The normalized spacial score (nSPS) is 19.7. The lowest BCUT2D eigenvalue weighted by molar-refractivity contribution is -0.120. The summed E-state index contributed by atoms with van der Waals surface area (Å²) in [4.78, 5) is 11.3. The summed E-state index contributed by atoms with van der Waals surface area (Å²) in [5.74, 6) is 2.38. The van der Waals surface area contributed by atoms with Crippen LogP contribution in [0.5, 0.6) is 11.5 Å². The fraction of sp³-hybridized carbons (Fsp3) is 0.500. The molecule has 0 aromatic heterocycles. The van der Waals surface area contributed by atoms with Crippen molar-refractivity contribution in [2.24, 2.45) is 0 Å². The maximum absolute atomic E-state index is 11.3. The van der Waals surface area contributed by atoms with Crippen LogP contribution in [0, 0.1) is 0 Å². The number of ether oxygens (including phenoxy) is 2. The first-order chi connectivity index (χ1) is 8.79. The molecule has 1 unspecified atom stereocenters. The van der Waals surface area contributed by atoms with Gasteiger partial charge in [0, 0.05) is 36.9 Å². The van der Waals surface area contributed by atoms with Gasteiger partial charge in [-0.1, -0.05) is 0 Å². The summed E-state index contributed by atoms with van der Waals surface area (Å²) in [7, 11) is 1.67. The molecule has 0 fully saturated rings. The number of hydrogen-bond acceptors (Lipinski definition) is 3. The first kappa shape index (κ1) is 11.4. The Morgan fingerprint density at radius 3 is 3.06 bits per heavy atom. The van der Waals surface area contributed by atoms with Crippen molar-refractivity contribution < 1.29 is 14.3 Å². The molecule has 4 heteroatoms. The van der Waals surface area contributed by atoms with Gasteiger partial charge in [0.15, 0.2) is 0 Å². The van der Waals surface area contributed by atoms with Crippen molar-refractivity contribution in [2.75, 3.05) is 20.3 Å². The third-order valence-corrected chi connectivity index (χ3v) is 3.73. The monoisotopic (exact) mass is 247 g/mol. The summed E-state index contributed by atoms with van der Waals surface area (Å²) >= 11 is 0. The van der Waals surface area contributed by atoms with Crippen LogP contribution < -0.4 is 14.8 Å². The van der Waals surface area contributed by atoms with E-state index in [0.717, 1.165) is 30.9 Å². The summed E-state index contributed by atoms with van der Waals surface area (Å²) in [6, 6.07) is 3.97. The maximum atomic E-state index is 11.3. The van der Waals surface area contributed by atoms with Crippen LogP contribution in [0.4, 0.5) is 0 Å². The summed E-state index contributed by atoms with van der Waals surface area (Å²) in [6.07, 6.45) is 2.34. The second-order valence-electron chi connectivity index (χ2n) is 4.77. The van der Waals surface area contributed by atoms with Gasteiger partial charge >= 0.3 is 0 Å². The van der Waals surface area contributed by atoms with Crippen LogP contribution in [0.15, 0.2) is 12.1 Å². The number of carbonyl (C=O) groups is 1. The highest BCUT2D eigenvalue weighted by Gasteiger charge is 2.31. The van der Waals surface area contributed by atoms with Crippen LogP contribution >= 0.6 is 0 Å². The van der Waals surface area contributed by atoms with Gasteiger partial charge in [0.1, 0.15) is 11.5 Å². The average Bonchev–Trinajstić information content (AvgIpc) is 3.01. The molecule has 96 valence electrons. The third-order valence-electron chi connectivity index (χ3n) is 3.73. The van der Waals surface area contributed by atoms with Gasteiger partial charge < -0.3 is 14.8 Å². The Labute approximate surface area is 106 Å². The molecule has 0 saturated heterocycles. The Kier molecular flexibility index (Phi) is 2.86. The lowest BCUT2D eigenvalue weighted by atomic mass is 9.91. The molecule has 0 spiro atoms. The van der Waals surface area contributed by atoms with E-state index in [1.807, 2.05) is 12.1 Å². The number of hydrogen-bond donors (Lipinski definition) is 1. The standard InChI is InChI=1S/C14H17NO3/c1-15-13(16)5-2-9-8-18-12-4-3-11-10(14(9)12)6-7-17-11/h3-4,9H,2,5-8H2,1H3,(H,15,16). The van der Waals surface area contributed by atoms with Gasteiger partial charge in [0.05, 0.1) is 13.2 Å². The highest BCUT2D eigenvalue weighted by Crippen LogP contribution is 2.44. The van der Waals surface area contributed by atoms with E-state index in [0.29, 0.717) is 18.9 Å². The van der Waals surface area contributed by atoms with E-state index in [-0.39, 0.29) is 5.91 Å². The first-order valence-electron chi connectivity index (χ1n) is 6.41. The van der Waals surface area contributed by atoms with Crippen molar-refractivity contribution in [3.8, 4) is 11.5 Å². The van der Waals surface area contributed by atoms with Crippen LogP contribution in [-0.2, 0) is 11.2 Å². The highest BCUT2D eigenvalue weighted by molar-refractivity contribution is 5.75. The molecule has 2 aliphatic rings. The predicted molar refractivity (Wildman–Crippen MR) is 67.2 cm³/mol. The van der Waals surface area contributed by atoms with Crippen molar-refractivity contribution in [2.45, 2.75) is 25.2 Å². The molecule has 2 aliphatic heterocycles. The Bertz CT molecular complexity index is 484. The molecular weight excluding hydrogens is 230 g/mol. The number of rotatable bonds is 3. The topological polar surface area (TPSA) is 47.6 Å². The quantitative estimate of drug-likeness (QED) is 0.883. The maximum Gasteiger partial charge on any atom is 0.219 e. The van der Waals surface area contributed by atoms with Gasteiger partial charge in [0.25, 0.3) is 0 Å². The van der Waals surface area contributed by atoms with Crippen molar-refractivity contribution in [1.29, 1.82) is 0 Å². The van der Waals surface area contributed by atoms with Gasteiger partial charge in [-0.05, 0) is 18.6 Å². The number of carbonyl (C=O) groups excluding carboxylic acids is 1. The zero-order valence-corrected chi connectivity index (χ0v) is 10.5. The van der Waals surface area contributed by atoms with Crippen LogP contribution in [0.3, 0.4) is 0 Å². The fourth-order valence-corrected chi connectivity index (χ4v) is 2.78. The van der Waals surface area contributed by atoms with E-state index >= 15 is 0 Å². The third kappa shape index (κ3) is 1.82. The zero-order valence-electron chi connectivity index (χ0n) is 10.5. The number of nitrogens with one attached hydrogen (secondary N) is 1. The average molecular weight is 247 g/mol. The molecule has 1 N–H and O–H groups in total. The lowest BCUT2D eigenvalue weighted by Crippen LogP contribution is -2.18. The van der Waals surface area contributed by atoms with E-state index < -0.39 is 0 Å². The summed E-state index contributed by atoms with van der Waals surface area (Å²) in [5.41, 5.74) is 2.56. The molecule has 18 heavy (non-hydrogen) atoms. The Balaban J connectivity index is 1.82. The minimum absolute atomic E-state index is 0.0901. The minimum atomic E-state index is 0.0901. The van der Waals surface area contributed by atoms with Crippen molar-refractivity contribution >= 4 is 5.91 Å². The molecule has 0 aliphatic carbocycles. The van der Waals surface area contributed by atoms with E-state index in [1.165, 1.54) is 11.1 Å². The highest BCUT2D eigenvalue weighted by atomic mass is 16.5. The summed E-state index contributed by atoms with van der Waals surface area (Å²) in [6.45, 7) is 1.44. The molecule has 4 nitrogen and oxygen atoms in total. The first-order valence-corrected chi connectivity index (χ1v) is 6.41. The molecule has 3 rings (SSSR count). The molecule has 0 radical (unpaired) electrons. The van der Waals surface area contributed by atoms with Gasteiger partial charge in [-0.3, -0.25) is 4.79 Å². The molecule has 1 aromatic rings. The Morgan fingerprint density at radius 1 is 1.39 bits per heavy atom. The van der Waals surface area contributed by atoms with Crippen LogP contribution in [0.25, 0.3) is 0 Å². The predicted octanol–water partition coefficient (Wildman–Crippen LogP) is 1.62. The van der Waals surface area contributed by atoms with E-state index in [4.69, 9.17) is 9.47 Å². The van der Waals surface area contributed by atoms with Gasteiger partial charge in [-0.15, -0.1) is 0 Å². The van der Waals surface area contributed by atoms with Gasteiger partial charge in [-0.25, -0.2) is 0 Å². The van der Waals surface area contributed by atoms with Crippen molar-refractivity contribution in [1.82, 2.24) is 5.32 Å². The number of fused-ring (bicyclic) bond motifs is 3. The second kappa shape index (κ2) is 4.52. The van der Waals surface area contributed by atoms with E-state index in [1.54, 1.807) is 7.05 Å². The van der Waals surface area contributed by atoms with Crippen LogP contribution in [-0.4, -0.2) is 26.2 Å². The number of benzene rings is 1. The fourth-order valence-electron chi connectivity index (χ4n) is 2.78. The molecule has 0 saturated carbocycles. The minimum Gasteiger partial charge on any atom is -0.493 e. The van der Waals surface area contributed by atoms with Crippen molar-refractivity contribution in [3.63, 3.8) is 0 Å². The van der Waals surface area contributed by atoms with Gasteiger partial charge in [0.2, 0.25) is 5.91 Å². The molecular formula is C14H17NO3. The SMILES string of the molecule is CNC(=O)CCC1COc2ccc3c(c21)CCO3. The van der Waals surface area contributed by atoms with Crippen molar-refractivity contribution in [3.05, 3.63) is 23.3 Å². The Hall–Kier alpha value is -1.71. The molecule has 1 atom stereocenters. The van der Waals surface area contributed by atoms with Crippen LogP contribution in [0.1, 0.15) is 29.9 Å².